The molecule has 0 fully saturated rings. The van der Waals surface area contributed by atoms with Gasteiger partial charge in [-0.1, -0.05) is 358 Å². The van der Waals surface area contributed by atoms with Crippen LogP contribution < -0.4 is 5.32 Å². The van der Waals surface area contributed by atoms with Gasteiger partial charge in [0, 0.05) is 12.8 Å². The average molecular weight is 1180 g/mol. The molecule has 0 radical (unpaired) electrons. The number of aliphatic hydroxyl groups is 2. The highest BCUT2D eigenvalue weighted by atomic mass is 16.5. The van der Waals surface area contributed by atoms with E-state index in [1.165, 1.54) is 334 Å². The number of carbonyl (C=O) groups is 2. The van der Waals surface area contributed by atoms with Crippen molar-refractivity contribution in [2.24, 2.45) is 0 Å². The van der Waals surface area contributed by atoms with Gasteiger partial charge in [-0.2, -0.15) is 0 Å². The van der Waals surface area contributed by atoms with Gasteiger partial charge in [0.2, 0.25) is 5.91 Å². The maximum absolute atomic E-state index is 12.5. The molecular formula is C78H147NO5. The number of rotatable bonds is 71. The molecule has 0 aliphatic carbocycles. The van der Waals surface area contributed by atoms with Gasteiger partial charge in [0.15, 0.2) is 0 Å². The van der Waals surface area contributed by atoms with Crippen molar-refractivity contribution in [1.82, 2.24) is 5.32 Å². The van der Waals surface area contributed by atoms with Gasteiger partial charge in [-0.25, -0.2) is 0 Å². The molecule has 0 aliphatic rings. The number of ether oxygens (including phenoxy) is 1. The number of unbranched alkanes of at least 4 members (excludes halogenated alkanes) is 54. The predicted octanol–water partition coefficient (Wildman–Crippen LogP) is 24.8. The molecule has 494 valence electrons. The lowest BCUT2D eigenvalue weighted by atomic mass is 10.0. The summed E-state index contributed by atoms with van der Waals surface area (Å²) in [5.74, 6) is -0.0522. The Morgan fingerprint density at radius 2 is 0.595 bits per heavy atom. The lowest BCUT2D eigenvalue weighted by Gasteiger charge is -2.20. The minimum absolute atomic E-state index is 0.0101. The Bertz CT molecular complexity index is 1400. The fraction of sp³-hybridized carbons (Fsp3) is 0.872. The monoisotopic (exact) mass is 1180 g/mol. The third-order valence-corrected chi connectivity index (χ3v) is 17.6. The Labute approximate surface area is 525 Å². The molecule has 0 saturated heterocycles. The molecule has 1 amide bonds. The number of esters is 1. The molecule has 0 aromatic carbocycles. The van der Waals surface area contributed by atoms with Crippen LogP contribution in [-0.2, 0) is 14.3 Å². The average Bonchev–Trinajstić information content (AvgIpc) is 3.50. The fourth-order valence-electron chi connectivity index (χ4n) is 11.8. The number of hydrogen-bond donors (Lipinski definition) is 3. The van der Waals surface area contributed by atoms with Gasteiger partial charge >= 0.3 is 5.97 Å². The molecule has 0 aromatic heterocycles. The van der Waals surface area contributed by atoms with E-state index >= 15 is 0 Å². The Morgan fingerprint density at radius 1 is 0.333 bits per heavy atom. The van der Waals surface area contributed by atoms with Gasteiger partial charge in [0.1, 0.15) is 0 Å². The second kappa shape index (κ2) is 73.3. The smallest absolute Gasteiger partial charge is 0.305 e. The van der Waals surface area contributed by atoms with Crippen LogP contribution in [0.3, 0.4) is 0 Å². The van der Waals surface area contributed by atoms with E-state index in [9.17, 15) is 19.8 Å². The molecule has 84 heavy (non-hydrogen) atoms. The molecule has 0 bridgehead atoms. The Balaban J connectivity index is 3.37. The first-order chi connectivity index (χ1) is 41.5. The summed E-state index contributed by atoms with van der Waals surface area (Å²) in [6.07, 6.45) is 96.6. The molecule has 0 heterocycles. The summed E-state index contributed by atoms with van der Waals surface area (Å²) in [5, 5.41) is 23.2. The van der Waals surface area contributed by atoms with E-state index in [2.05, 4.69) is 55.6 Å². The third-order valence-electron chi connectivity index (χ3n) is 17.6. The number of hydrogen-bond acceptors (Lipinski definition) is 5. The van der Waals surface area contributed by atoms with Gasteiger partial charge in [-0.05, 0) is 89.9 Å². The largest absolute Gasteiger partial charge is 0.466 e. The van der Waals surface area contributed by atoms with Gasteiger partial charge < -0.3 is 20.3 Å². The molecular weight excluding hydrogens is 1030 g/mol. The molecule has 0 aliphatic heterocycles. The number of carbonyl (C=O) groups excluding carboxylic acids is 2. The molecule has 3 N–H and O–H groups in total. The van der Waals surface area contributed by atoms with Crippen LogP contribution in [0.25, 0.3) is 0 Å². The predicted molar refractivity (Wildman–Crippen MR) is 370 cm³/mol. The van der Waals surface area contributed by atoms with Crippen molar-refractivity contribution in [3.05, 3.63) is 48.6 Å². The lowest BCUT2D eigenvalue weighted by molar-refractivity contribution is -0.143. The second-order valence-electron chi connectivity index (χ2n) is 26.0. The highest BCUT2D eigenvalue weighted by molar-refractivity contribution is 5.76. The Morgan fingerprint density at radius 3 is 0.940 bits per heavy atom. The summed E-state index contributed by atoms with van der Waals surface area (Å²) in [5.41, 5.74) is 0. The van der Waals surface area contributed by atoms with E-state index in [4.69, 9.17) is 4.74 Å². The zero-order valence-electron chi connectivity index (χ0n) is 56.6. The SMILES string of the molecule is CCCCC/C=C\CCCCCCCC(=O)OCCCCCCCCCCCCCCCCC/C=C\C/C=C\CCCCCCCCCCCCCCCCCCCC(=O)NC(CO)C(O)/C=C/CCCCCCCCCCCCCCCC. The fourth-order valence-corrected chi connectivity index (χ4v) is 11.8. The highest BCUT2D eigenvalue weighted by Crippen LogP contribution is 2.19. The van der Waals surface area contributed by atoms with Crippen LogP contribution in [-0.4, -0.2) is 47.4 Å². The van der Waals surface area contributed by atoms with Crippen LogP contribution in [0.2, 0.25) is 0 Å². The topological polar surface area (TPSA) is 95.9 Å². The zero-order chi connectivity index (χ0) is 60.6. The van der Waals surface area contributed by atoms with Crippen molar-refractivity contribution in [3.8, 4) is 0 Å². The van der Waals surface area contributed by atoms with Gasteiger partial charge in [-0.3, -0.25) is 9.59 Å². The van der Waals surface area contributed by atoms with Crippen molar-refractivity contribution in [2.45, 2.75) is 424 Å². The van der Waals surface area contributed by atoms with Crippen molar-refractivity contribution >= 4 is 11.9 Å². The standard InChI is InChI=1S/C78H147NO5/c1-3-5-7-9-11-13-15-17-18-44-47-50-54-58-62-66-70-76(81)75(74-80)79-77(82)71-67-63-59-55-51-48-45-42-40-38-36-34-32-30-28-26-24-22-20-19-21-23-25-27-29-31-33-35-37-39-41-43-46-49-53-57-61-65-69-73-84-78(83)72-68-64-60-56-52-16-14-12-10-8-6-4-2/h12,14,19-20,23,25,66,70,75-76,80-81H,3-11,13,15-18,21-22,24,26-65,67-69,71-74H2,1-2H3,(H,79,82)/b14-12-,20-19-,25-23-,70-66+. The summed E-state index contributed by atoms with van der Waals surface area (Å²) >= 11 is 0. The Hall–Kier alpha value is -2.18. The number of aliphatic hydroxyl groups excluding tert-OH is 2. The summed E-state index contributed by atoms with van der Waals surface area (Å²) in [6, 6.07) is -0.626. The molecule has 6 heteroatoms. The van der Waals surface area contributed by atoms with Crippen LogP contribution in [0, 0.1) is 0 Å². The summed E-state index contributed by atoms with van der Waals surface area (Å²) < 4.78 is 5.48. The van der Waals surface area contributed by atoms with Crippen molar-refractivity contribution in [2.75, 3.05) is 13.2 Å². The number of amides is 1. The highest BCUT2D eigenvalue weighted by Gasteiger charge is 2.18. The van der Waals surface area contributed by atoms with E-state index in [0.717, 1.165) is 51.4 Å². The third kappa shape index (κ3) is 68.9. The maximum atomic E-state index is 12.5. The van der Waals surface area contributed by atoms with E-state index < -0.39 is 12.1 Å². The van der Waals surface area contributed by atoms with Crippen LogP contribution >= 0.6 is 0 Å². The molecule has 0 spiro atoms. The molecule has 2 atom stereocenters. The summed E-state index contributed by atoms with van der Waals surface area (Å²) in [4.78, 5) is 24.5. The maximum Gasteiger partial charge on any atom is 0.305 e. The lowest BCUT2D eigenvalue weighted by Crippen LogP contribution is -2.45. The van der Waals surface area contributed by atoms with Gasteiger partial charge in [-0.15, -0.1) is 0 Å². The van der Waals surface area contributed by atoms with Crippen molar-refractivity contribution in [1.29, 1.82) is 0 Å². The van der Waals surface area contributed by atoms with Crippen LogP contribution in [0.4, 0.5) is 0 Å². The zero-order valence-corrected chi connectivity index (χ0v) is 56.6. The van der Waals surface area contributed by atoms with Gasteiger partial charge in [0.25, 0.3) is 0 Å². The molecule has 0 rings (SSSR count). The molecule has 6 nitrogen and oxygen atoms in total. The van der Waals surface area contributed by atoms with E-state index in [1.807, 2.05) is 6.08 Å². The first-order valence-electron chi connectivity index (χ1n) is 37.9. The van der Waals surface area contributed by atoms with Crippen molar-refractivity contribution in [3.63, 3.8) is 0 Å². The molecule has 0 saturated carbocycles. The van der Waals surface area contributed by atoms with Crippen LogP contribution in [0.5, 0.6) is 0 Å². The first-order valence-corrected chi connectivity index (χ1v) is 37.9. The minimum Gasteiger partial charge on any atom is -0.466 e. The summed E-state index contributed by atoms with van der Waals surface area (Å²) in [6.45, 7) is 4.91. The molecule has 2 unspecified atom stereocenters. The number of nitrogens with one attached hydrogen (secondary N) is 1. The minimum atomic E-state index is -0.843. The second-order valence-corrected chi connectivity index (χ2v) is 26.0. The first kappa shape index (κ1) is 81.8. The quantitative estimate of drug-likeness (QED) is 0.0320. The van der Waals surface area contributed by atoms with Gasteiger partial charge in [0.05, 0.1) is 25.4 Å². The number of allylic oxidation sites excluding steroid dienone is 7. The summed E-state index contributed by atoms with van der Waals surface area (Å²) in [7, 11) is 0. The Kier molecular flexibility index (Phi) is 71.4. The van der Waals surface area contributed by atoms with E-state index in [-0.39, 0.29) is 18.5 Å². The van der Waals surface area contributed by atoms with E-state index in [1.54, 1.807) is 6.08 Å². The van der Waals surface area contributed by atoms with Crippen LogP contribution in [0.1, 0.15) is 412 Å². The van der Waals surface area contributed by atoms with E-state index in [0.29, 0.717) is 19.4 Å². The molecule has 0 aromatic rings. The van der Waals surface area contributed by atoms with Crippen LogP contribution in [0.15, 0.2) is 48.6 Å². The van der Waals surface area contributed by atoms with Crippen molar-refractivity contribution < 1.29 is 24.5 Å². The normalized spacial score (nSPS) is 12.8.